The number of imidazole rings is 1. The van der Waals surface area contributed by atoms with Crippen LogP contribution in [0.1, 0.15) is 44.4 Å². The Morgan fingerprint density at radius 1 is 0.919 bits per heavy atom. The maximum atomic E-state index is 12.9. The van der Waals surface area contributed by atoms with Gasteiger partial charge in [0.1, 0.15) is 11.3 Å². The zero-order chi connectivity index (χ0) is 25.9. The Balaban J connectivity index is 1.54. The van der Waals surface area contributed by atoms with Crippen LogP contribution in [0, 0.1) is 26.2 Å². The Labute approximate surface area is 215 Å². The highest BCUT2D eigenvalue weighted by Crippen LogP contribution is 2.22. The standard InChI is InChI=1S/C30H31N5O2/c1-20-8-12-23(13-9-20)16-25(17-32-29(36)26-18-33-37-22(26)3)35-28-7-5-4-6-27(28)34(30(35)31)19-24-14-10-21(2)11-15-24/h4-15,18,25,31H,16-17,19H2,1-3H3,(H,32,36)/t25-/m0/s1. The van der Waals surface area contributed by atoms with Gasteiger partial charge >= 0.3 is 0 Å². The average molecular weight is 494 g/mol. The molecular formula is C30H31N5O2. The third-order valence-corrected chi connectivity index (χ3v) is 6.83. The maximum absolute atomic E-state index is 12.9. The lowest BCUT2D eigenvalue weighted by atomic mass is 10.0. The second kappa shape index (κ2) is 10.3. The number of hydrogen-bond acceptors (Lipinski definition) is 4. The van der Waals surface area contributed by atoms with E-state index in [-0.39, 0.29) is 11.9 Å². The molecule has 0 spiro atoms. The first-order valence-electron chi connectivity index (χ1n) is 12.5. The Bertz CT molecular complexity index is 1590. The van der Waals surface area contributed by atoms with Gasteiger partial charge in [0.05, 0.1) is 29.8 Å². The third kappa shape index (κ3) is 5.11. The van der Waals surface area contributed by atoms with Crippen LogP contribution in [0.15, 0.2) is 83.5 Å². The van der Waals surface area contributed by atoms with Crippen molar-refractivity contribution < 1.29 is 9.32 Å². The molecule has 7 heteroatoms. The molecule has 0 unspecified atom stereocenters. The quantitative estimate of drug-likeness (QED) is 0.315. The summed E-state index contributed by atoms with van der Waals surface area (Å²) in [5.74, 6) is 0.249. The summed E-state index contributed by atoms with van der Waals surface area (Å²) in [7, 11) is 0. The van der Waals surface area contributed by atoms with E-state index in [0.717, 1.165) is 22.2 Å². The van der Waals surface area contributed by atoms with E-state index in [0.29, 0.717) is 36.5 Å². The molecule has 5 aromatic rings. The predicted octanol–water partition coefficient (Wildman–Crippen LogP) is 5.10. The van der Waals surface area contributed by atoms with Crippen molar-refractivity contribution in [1.29, 1.82) is 5.41 Å². The molecule has 37 heavy (non-hydrogen) atoms. The van der Waals surface area contributed by atoms with Gasteiger partial charge in [-0.15, -0.1) is 0 Å². The summed E-state index contributed by atoms with van der Waals surface area (Å²) in [5, 5.41) is 16.0. The van der Waals surface area contributed by atoms with Crippen molar-refractivity contribution in [1.82, 2.24) is 19.6 Å². The van der Waals surface area contributed by atoms with Gasteiger partial charge in [-0.1, -0.05) is 76.9 Å². The lowest BCUT2D eigenvalue weighted by Gasteiger charge is -2.21. The number of para-hydroxylation sites is 2. The van der Waals surface area contributed by atoms with Gasteiger partial charge in [0.2, 0.25) is 5.62 Å². The van der Waals surface area contributed by atoms with E-state index in [1.54, 1.807) is 6.92 Å². The van der Waals surface area contributed by atoms with E-state index in [4.69, 9.17) is 4.52 Å². The Kier molecular flexibility index (Phi) is 6.77. The SMILES string of the molecule is Cc1ccc(C[C@@H](CNC(=O)c2cnoc2C)n2c(=N)n(Cc3ccc(C)cc3)c3ccccc32)cc1. The van der Waals surface area contributed by atoms with Gasteiger partial charge in [-0.25, -0.2) is 0 Å². The van der Waals surface area contributed by atoms with Crippen molar-refractivity contribution in [2.45, 2.75) is 39.8 Å². The molecule has 5 rings (SSSR count). The van der Waals surface area contributed by atoms with Crippen LogP contribution in [-0.4, -0.2) is 26.7 Å². The topological polar surface area (TPSA) is 88.8 Å². The molecule has 2 N–H and O–H groups in total. The van der Waals surface area contributed by atoms with Gasteiger partial charge in [0.25, 0.3) is 5.91 Å². The smallest absolute Gasteiger partial charge is 0.256 e. The summed E-state index contributed by atoms with van der Waals surface area (Å²) in [6, 6.07) is 24.8. The van der Waals surface area contributed by atoms with E-state index in [1.807, 2.05) is 27.3 Å². The van der Waals surface area contributed by atoms with Crippen LogP contribution in [0.5, 0.6) is 0 Å². The third-order valence-electron chi connectivity index (χ3n) is 6.83. The van der Waals surface area contributed by atoms with Gasteiger partial charge in [-0.3, -0.25) is 10.2 Å². The van der Waals surface area contributed by atoms with E-state index < -0.39 is 0 Å². The number of fused-ring (bicyclic) bond motifs is 1. The van der Waals surface area contributed by atoms with E-state index in [2.05, 4.69) is 78.9 Å². The van der Waals surface area contributed by atoms with E-state index >= 15 is 0 Å². The summed E-state index contributed by atoms with van der Waals surface area (Å²) in [5.41, 5.74) is 7.46. The molecule has 1 atom stereocenters. The number of aryl methyl sites for hydroxylation is 3. The van der Waals surface area contributed by atoms with Crippen molar-refractivity contribution in [3.8, 4) is 0 Å². The van der Waals surface area contributed by atoms with Crippen molar-refractivity contribution >= 4 is 16.9 Å². The Hall–Kier alpha value is -4.39. The number of hydrogen-bond donors (Lipinski definition) is 2. The minimum atomic E-state index is -0.233. The normalized spacial score (nSPS) is 12.1. The molecule has 0 radical (unpaired) electrons. The summed E-state index contributed by atoms with van der Waals surface area (Å²) in [4.78, 5) is 12.9. The van der Waals surface area contributed by atoms with Gasteiger partial charge < -0.3 is 19.0 Å². The average Bonchev–Trinajstić information content (AvgIpc) is 3.45. The van der Waals surface area contributed by atoms with Gasteiger partial charge in [0.15, 0.2) is 0 Å². The molecule has 188 valence electrons. The fourth-order valence-corrected chi connectivity index (χ4v) is 4.73. The number of nitrogens with zero attached hydrogens (tertiary/aromatic N) is 3. The monoisotopic (exact) mass is 493 g/mol. The molecule has 0 saturated heterocycles. The second-order valence-electron chi connectivity index (χ2n) is 9.60. The van der Waals surface area contributed by atoms with Crippen LogP contribution in [-0.2, 0) is 13.0 Å². The molecule has 0 aliphatic rings. The van der Waals surface area contributed by atoms with Crippen molar-refractivity contribution in [3.05, 3.63) is 118 Å². The van der Waals surface area contributed by atoms with Crippen LogP contribution >= 0.6 is 0 Å². The number of amides is 1. The Morgan fingerprint density at radius 3 is 2.16 bits per heavy atom. The predicted molar refractivity (Wildman–Crippen MR) is 144 cm³/mol. The summed E-state index contributed by atoms with van der Waals surface area (Å²) in [6.45, 7) is 6.81. The van der Waals surface area contributed by atoms with Crippen molar-refractivity contribution in [3.63, 3.8) is 0 Å². The van der Waals surface area contributed by atoms with Crippen LogP contribution in [0.25, 0.3) is 11.0 Å². The molecule has 0 aliphatic carbocycles. The highest BCUT2D eigenvalue weighted by molar-refractivity contribution is 5.94. The first-order chi connectivity index (χ1) is 17.9. The summed E-state index contributed by atoms with van der Waals surface area (Å²) >= 11 is 0. The number of carbonyl (C=O) groups excluding carboxylic acids is 1. The summed E-state index contributed by atoms with van der Waals surface area (Å²) in [6.07, 6.45) is 2.11. The molecule has 0 saturated carbocycles. The molecule has 1 amide bonds. The minimum absolute atomic E-state index is 0.177. The molecule has 0 aliphatic heterocycles. The van der Waals surface area contributed by atoms with Crippen LogP contribution in [0.3, 0.4) is 0 Å². The number of nitrogens with one attached hydrogen (secondary N) is 2. The van der Waals surface area contributed by atoms with Gasteiger partial charge in [-0.05, 0) is 50.5 Å². The molecular weight excluding hydrogens is 462 g/mol. The van der Waals surface area contributed by atoms with Crippen LogP contribution < -0.4 is 10.9 Å². The number of carbonyl (C=O) groups is 1. The second-order valence-corrected chi connectivity index (χ2v) is 9.60. The zero-order valence-corrected chi connectivity index (χ0v) is 21.4. The number of benzene rings is 3. The first kappa shape index (κ1) is 24.3. The zero-order valence-electron chi connectivity index (χ0n) is 21.4. The fourth-order valence-electron chi connectivity index (χ4n) is 4.73. The largest absolute Gasteiger partial charge is 0.361 e. The van der Waals surface area contributed by atoms with Gasteiger partial charge in [-0.2, -0.15) is 0 Å². The van der Waals surface area contributed by atoms with Crippen molar-refractivity contribution in [2.24, 2.45) is 0 Å². The maximum Gasteiger partial charge on any atom is 0.256 e. The van der Waals surface area contributed by atoms with Gasteiger partial charge in [0, 0.05) is 6.54 Å². The minimum Gasteiger partial charge on any atom is -0.361 e. The van der Waals surface area contributed by atoms with Crippen LogP contribution in [0.4, 0.5) is 0 Å². The molecule has 2 aromatic heterocycles. The molecule has 0 fully saturated rings. The molecule has 2 heterocycles. The lowest BCUT2D eigenvalue weighted by molar-refractivity contribution is 0.0946. The number of rotatable bonds is 8. The highest BCUT2D eigenvalue weighted by atomic mass is 16.5. The first-order valence-corrected chi connectivity index (χ1v) is 12.5. The highest BCUT2D eigenvalue weighted by Gasteiger charge is 2.22. The van der Waals surface area contributed by atoms with Crippen molar-refractivity contribution in [2.75, 3.05) is 6.54 Å². The lowest BCUT2D eigenvalue weighted by Crippen LogP contribution is -2.37. The summed E-state index contributed by atoms with van der Waals surface area (Å²) < 4.78 is 9.16. The van der Waals surface area contributed by atoms with E-state index in [9.17, 15) is 10.2 Å². The van der Waals surface area contributed by atoms with Crippen LogP contribution in [0.2, 0.25) is 0 Å². The molecule has 7 nitrogen and oxygen atoms in total. The molecule has 0 bridgehead atoms. The molecule has 3 aromatic carbocycles. The fraction of sp³-hybridized carbons (Fsp3) is 0.233. The number of aromatic nitrogens is 3. The Morgan fingerprint density at radius 2 is 1.54 bits per heavy atom. The van der Waals surface area contributed by atoms with E-state index in [1.165, 1.54) is 17.3 Å².